The van der Waals surface area contributed by atoms with Gasteiger partial charge < -0.3 is 20.1 Å². The maximum atomic E-state index is 12.8. The van der Waals surface area contributed by atoms with Crippen molar-refractivity contribution in [2.75, 3.05) is 26.1 Å². The minimum absolute atomic E-state index is 0.259. The Hall–Kier alpha value is -2.54. The lowest BCUT2D eigenvalue weighted by molar-refractivity contribution is 0.0963. The van der Waals surface area contributed by atoms with Gasteiger partial charge in [0.2, 0.25) is 0 Å². The van der Waals surface area contributed by atoms with Gasteiger partial charge in [0, 0.05) is 12.6 Å². The summed E-state index contributed by atoms with van der Waals surface area (Å²) >= 11 is 3.43. The Bertz CT molecular complexity index is 852. The Labute approximate surface area is 167 Å². The summed E-state index contributed by atoms with van der Waals surface area (Å²) < 4.78 is 11.7. The van der Waals surface area contributed by atoms with Gasteiger partial charge in [-0.05, 0) is 53.0 Å². The fraction of sp³-hybridized carbons (Fsp3) is 0.300. The second-order valence-corrected chi connectivity index (χ2v) is 6.72. The van der Waals surface area contributed by atoms with Gasteiger partial charge in [-0.1, -0.05) is 19.1 Å². The molecule has 0 bridgehead atoms. The van der Waals surface area contributed by atoms with Crippen molar-refractivity contribution in [3.05, 3.63) is 51.5 Å². The quantitative estimate of drug-likeness (QED) is 0.685. The van der Waals surface area contributed by atoms with Gasteiger partial charge in [0.15, 0.2) is 11.5 Å². The SMILES string of the molecule is CCCOc1c(Br)cc(C(=O)Nc2cccc(C)c2C(=O)NC)cc1OC. The van der Waals surface area contributed by atoms with E-state index in [1.165, 1.54) is 7.11 Å². The van der Waals surface area contributed by atoms with Gasteiger partial charge >= 0.3 is 0 Å². The van der Waals surface area contributed by atoms with E-state index in [-0.39, 0.29) is 11.8 Å². The van der Waals surface area contributed by atoms with Crippen molar-refractivity contribution in [3.8, 4) is 11.5 Å². The molecule has 144 valence electrons. The molecule has 2 aromatic rings. The summed E-state index contributed by atoms with van der Waals surface area (Å²) in [7, 11) is 3.07. The lowest BCUT2D eigenvalue weighted by Crippen LogP contribution is -2.22. The van der Waals surface area contributed by atoms with Gasteiger partial charge in [0.1, 0.15) is 0 Å². The van der Waals surface area contributed by atoms with Crippen LogP contribution in [0.4, 0.5) is 5.69 Å². The van der Waals surface area contributed by atoms with Crippen molar-refractivity contribution < 1.29 is 19.1 Å². The molecule has 6 nitrogen and oxygen atoms in total. The predicted octanol–water partition coefficient (Wildman–Crippen LogP) is 4.17. The fourth-order valence-electron chi connectivity index (χ4n) is 2.59. The number of benzene rings is 2. The largest absolute Gasteiger partial charge is 0.493 e. The van der Waals surface area contributed by atoms with Crippen molar-refractivity contribution in [1.29, 1.82) is 0 Å². The number of hydrogen-bond donors (Lipinski definition) is 2. The first-order chi connectivity index (χ1) is 12.9. The van der Waals surface area contributed by atoms with Gasteiger partial charge in [-0.2, -0.15) is 0 Å². The number of carbonyl (C=O) groups is 2. The molecule has 0 radical (unpaired) electrons. The van der Waals surface area contributed by atoms with Crippen LogP contribution in [0.5, 0.6) is 11.5 Å². The Kier molecular flexibility index (Phi) is 7.24. The topological polar surface area (TPSA) is 76.7 Å². The first-order valence-corrected chi connectivity index (χ1v) is 9.35. The number of methoxy groups -OCH3 is 1. The van der Waals surface area contributed by atoms with Crippen LogP contribution in [0.15, 0.2) is 34.8 Å². The summed E-state index contributed by atoms with van der Waals surface area (Å²) in [5, 5.41) is 5.40. The number of ether oxygens (including phenoxy) is 2. The fourth-order valence-corrected chi connectivity index (χ4v) is 3.14. The highest BCUT2D eigenvalue weighted by atomic mass is 79.9. The second kappa shape index (κ2) is 9.41. The molecule has 2 amide bonds. The van der Waals surface area contributed by atoms with E-state index in [0.29, 0.717) is 39.4 Å². The first kappa shape index (κ1) is 20.8. The number of amides is 2. The summed E-state index contributed by atoms with van der Waals surface area (Å²) in [5.41, 5.74) is 2.03. The summed E-state index contributed by atoms with van der Waals surface area (Å²) in [6.45, 7) is 4.37. The van der Waals surface area contributed by atoms with E-state index in [0.717, 1.165) is 12.0 Å². The van der Waals surface area contributed by atoms with Crippen molar-refractivity contribution in [3.63, 3.8) is 0 Å². The maximum Gasteiger partial charge on any atom is 0.255 e. The summed E-state index contributed by atoms with van der Waals surface area (Å²) in [5.74, 6) is 0.397. The van der Waals surface area contributed by atoms with Gasteiger partial charge in [-0.15, -0.1) is 0 Å². The van der Waals surface area contributed by atoms with Gasteiger partial charge in [0.25, 0.3) is 11.8 Å². The smallest absolute Gasteiger partial charge is 0.255 e. The van der Waals surface area contributed by atoms with E-state index in [1.54, 1.807) is 31.3 Å². The van der Waals surface area contributed by atoms with Crippen molar-refractivity contribution in [1.82, 2.24) is 5.32 Å². The molecule has 0 aliphatic rings. The van der Waals surface area contributed by atoms with Crippen LogP contribution >= 0.6 is 15.9 Å². The molecule has 0 saturated carbocycles. The van der Waals surface area contributed by atoms with E-state index < -0.39 is 0 Å². The molecule has 2 N–H and O–H groups in total. The lowest BCUT2D eigenvalue weighted by atomic mass is 10.1. The Morgan fingerprint density at radius 2 is 1.93 bits per heavy atom. The Balaban J connectivity index is 2.36. The van der Waals surface area contributed by atoms with Crippen LogP contribution in [0.2, 0.25) is 0 Å². The van der Waals surface area contributed by atoms with E-state index in [2.05, 4.69) is 26.6 Å². The molecule has 0 saturated heterocycles. The summed E-state index contributed by atoms with van der Waals surface area (Å²) in [6.07, 6.45) is 0.855. The zero-order valence-corrected chi connectivity index (χ0v) is 17.4. The molecule has 7 heteroatoms. The standard InChI is InChI=1S/C20H23BrN2O4/c1-5-9-27-18-14(21)10-13(11-16(18)26-4)19(24)23-15-8-6-7-12(2)17(15)20(25)22-3/h6-8,10-11H,5,9H2,1-4H3,(H,22,25)(H,23,24). The van der Waals surface area contributed by atoms with Crippen LogP contribution in [0.1, 0.15) is 39.6 Å². The minimum atomic E-state index is -0.355. The third-order valence-corrected chi connectivity index (χ3v) is 4.51. The highest BCUT2D eigenvalue weighted by Gasteiger charge is 2.19. The van der Waals surface area contributed by atoms with Gasteiger partial charge in [0.05, 0.1) is 29.4 Å². The first-order valence-electron chi connectivity index (χ1n) is 8.56. The molecule has 27 heavy (non-hydrogen) atoms. The third kappa shape index (κ3) is 4.80. The van der Waals surface area contributed by atoms with E-state index in [4.69, 9.17) is 9.47 Å². The normalized spacial score (nSPS) is 10.3. The average molecular weight is 435 g/mol. The third-order valence-electron chi connectivity index (χ3n) is 3.92. The molecule has 0 fully saturated rings. The molecule has 0 atom stereocenters. The summed E-state index contributed by atoms with van der Waals surface area (Å²) in [4.78, 5) is 24.9. The maximum absolute atomic E-state index is 12.8. The molecule has 0 unspecified atom stereocenters. The second-order valence-electron chi connectivity index (χ2n) is 5.87. The highest BCUT2D eigenvalue weighted by molar-refractivity contribution is 9.10. The molecule has 0 aromatic heterocycles. The predicted molar refractivity (Wildman–Crippen MR) is 109 cm³/mol. The number of rotatable bonds is 7. The molecule has 0 aliphatic heterocycles. The Morgan fingerprint density at radius 3 is 2.56 bits per heavy atom. The molecule has 0 spiro atoms. The van der Waals surface area contributed by atoms with E-state index >= 15 is 0 Å². The highest BCUT2D eigenvalue weighted by Crippen LogP contribution is 2.37. The Morgan fingerprint density at radius 1 is 1.19 bits per heavy atom. The number of carbonyl (C=O) groups excluding carboxylic acids is 2. The van der Waals surface area contributed by atoms with E-state index in [9.17, 15) is 9.59 Å². The van der Waals surface area contributed by atoms with Gasteiger partial charge in [-0.25, -0.2) is 0 Å². The van der Waals surface area contributed by atoms with Crippen LogP contribution in [0.25, 0.3) is 0 Å². The van der Waals surface area contributed by atoms with E-state index in [1.807, 2.05) is 19.9 Å². The lowest BCUT2D eigenvalue weighted by Gasteiger charge is -2.15. The molecule has 2 rings (SSSR count). The molecular weight excluding hydrogens is 412 g/mol. The summed E-state index contributed by atoms with van der Waals surface area (Å²) in [6, 6.07) is 8.58. The number of halogens is 1. The van der Waals surface area contributed by atoms with Crippen molar-refractivity contribution in [2.24, 2.45) is 0 Å². The molecule has 0 aliphatic carbocycles. The zero-order valence-electron chi connectivity index (χ0n) is 15.8. The number of aryl methyl sites for hydroxylation is 1. The van der Waals surface area contributed by atoms with Crippen LogP contribution in [0, 0.1) is 6.92 Å². The van der Waals surface area contributed by atoms with Crippen LogP contribution < -0.4 is 20.1 Å². The van der Waals surface area contributed by atoms with Crippen molar-refractivity contribution >= 4 is 33.4 Å². The van der Waals surface area contributed by atoms with Gasteiger partial charge in [-0.3, -0.25) is 9.59 Å². The molecule has 2 aromatic carbocycles. The van der Waals surface area contributed by atoms with Crippen molar-refractivity contribution in [2.45, 2.75) is 20.3 Å². The number of nitrogens with one attached hydrogen (secondary N) is 2. The number of anilines is 1. The molecule has 0 heterocycles. The average Bonchev–Trinajstić information content (AvgIpc) is 2.66. The minimum Gasteiger partial charge on any atom is -0.493 e. The monoisotopic (exact) mass is 434 g/mol. The van der Waals surface area contributed by atoms with Crippen LogP contribution in [-0.4, -0.2) is 32.6 Å². The number of hydrogen-bond acceptors (Lipinski definition) is 4. The van der Waals surface area contributed by atoms with Crippen LogP contribution in [0.3, 0.4) is 0 Å². The van der Waals surface area contributed by atoms with Crippen LogP contribution in [-0.2, 0) is 0 Å². The zero-order chi connectivity index (χ0) is 20.0. The molecular formula is C20H23BrN2O4.